The summed E-state index contributed by atoms with van der Waals surface area (Å²) < 4.78 is 5.56. The largest absolute Gasteiger partial charge is 0.492 e. The van der Waals surface area contributed by atoms with Crippen molar-refractivity contribution in [3.63, 3.8) is 0 Å². The van der Waals surface area contributed by atoms with Crippen molar-refractivity contribution < 1.29 is 19.5 Å². The van der Waals surface area contributed by atoms with Gasteiger partial charge in [-0.1, -0.05) is 25.5 Å². The van der Waals surface area contributed by atoms with Gasteiger partial charge in [-0.3, -0.25) is 19.8 Å². The number of hydrogen-bond acceptors (Lipinski definition) is 6. The van der Waals surface area contributed by atoms with Crippen molar-refractivity contribution in [2.45, 2.75) is 38.8 Å². The second-order valence-electron chi connectivity index (χ2n) is 6.35. The molecule has 0 bridgehead atoms. The van der Waals surface area contributed by atoms with Crippen LogP contribution in [0.15, 0.2) is 42.6 Å². The molecule has 1 heterocycles. The molecule has 0 saturated heterocycles. The predicted octanol–water partition coefficient (Wildman–Crippen LogP) is 1.57. The lowest BCUT2D eigenvalue weighted by atomic mass is 10.1. The zero-order chi connectivity index (χ0) is 20.4. The highest BCUT2D eigenvalue weighted by molar-refractivity contribution is 5.93. The number of nitrogens with two attached hydrogens (primary N) is 1. The van der Waals surface area contributed by atoms with E-state index in [0.29, 0.717) is 30.0 Å². The number of rotatable bonds is 10. The van der Waals surface area contributed by atoms with Crippen molar-refractivity contribution in [3.05, 3.63) is 59.4 Å². The summed E-state index contributed by atoms with van der Waals surface area (Å²) in [4.78, 5) is 27.8. The van der Waals surface area contributed by atoms with Crippen molar-refractivity contribution in [1.29, 1.82) is 0 Å². The third-order valence-electron chi connectivity index (χ3n) is 4.11. The Hall–Kier alpha value is -2.97. The van der Waals surface area contributed by atoms with Gasteiger partial charge in [0.25, 0.3) is 5.91 Å². The molecule has 0 spiro atoms. The maximum absolute atomic E-state index is 12.2. The molecule has 1 unspecified atom stereocenters. The molecule has 2 aromatic rings. The zero-order valence-corrected chi connectivity index (χ0v) is 15.9. The van der Waals surface area contributed by atoms with Crippen LogP contribution < -0.4 is 21.3 Å². The van der Waals surface area contributed by atoms with Crippen LogP contribution in [0, 0.1) is 0 Å². The summed E-state index contributed by atoms with van der Waals surface area (Å²) >= 11 is 0. The van der Waals surface area contributed by atoms with Gasteiger partial charge in [0.15, 0.2) is 0 Å². The Labute approximate surface area is 164 Å². The van der Waals surface area contributed by atoms with Gasteiger partial charge in [0.1, 0.15) is 5.75 Å². The number of carbonyl (C=O) groups is 2. The molecule has 2 amide bonds. The van der Waals surface area contributed by atoms with Crippen LogP contribution >= 0.6 is 0 Å². The van der Waals surface area contributed by atoms with Gasteiger partial charge in [-0.05, 0) is 36.2 Å². The van der Waals surface area contributed by atoms with Crippen LogP contribution in [0.3, 0.4) is 0 Å². The Morgan fingerprint density at radius 3 is 2.57 bits per heavy atom. The number of aromatic nitrogens is 1. The summed E-state index contributed by atoms with van der Waals surface area (Å²) in [7, 11) is 0. The van der Waals surface area contributed by atoms with E-state index < -0.39 is 11.9 Å². The number of unbranched alkanes of at least 4 members (excludes halogenated alkanes) is 1. The van der Waals surface area contributed by atoms with Crippen molar-refractivity contribution in [1.82, 2.24) is 15.8 Å². The van der Waals surface area contributed by atoms with Gasteiger partial charge in [-0.15, -0.1) is 0 Å². The zero-order valence-electron chi connectivity index (χ0n) is 15.9. The maximum Gasteiger partial charge on any atom is 0.274 e. The van der Waals surface area contributed by atoms with Crippen LogP contribution in [0.5, 0.6) is 5.75 Å². The Morgan fingerprint density at radius 1 is 1.21 bits per heavy atom. The highest BCUT2D eigenvalue weighted by atomic mass is 16.5. The summed E-state index contributed by atoms with van der Waals surface area (Å²) in [6, 6.07) is 9.40. The first-order valence-corrected chi connectivity index (χ1v) is 9.18. The van der Waals surface area contributed by atoms with E-state index in [4.69, 9.17) is 15.7 Å². The maximum atomic E-state index is 12.2. The van der Waals surface area contributed by atoms with Crippen LogP contribution in [0.1, 0.15) is 41.4 Å². The first-order chi connectivity index (χ1) is 13.5. The second-order valence-corrected chi connectivity index (χ2v) is 6.35. The minimum Gasteiger partial charge on any atom is -0.492 e. The van der Waals surface area contributed by atoms with E-state index in [0.717, 1.165) is 18.4 Å². The summed E-state index contributed by atoms with van der Waals surface area (Å²) in [5.41, 5.74) is 9.38. The van der Waals surface area contributed by atoms with E-state index in [1.54, 1.807) is 42.0 Å². The van der Waals surface area contributed by atoms with E-state index in [1.807, 2.05) is 6.07 Å². The molecule has 8 heteroatoms. The molecule has 1 atom stereocenters. The molecule has 5 N–H and O–H groups in total. The Bertz CT molecular complexity index is 763. The van der Waals surface area contributed by atoms with Crippen LogP contribution in [-0.2, 0) is 17.8 Å². The van der Waals surface area contributed by atoms with Crippen molar-refractivity contribution in [2.24, 2.45) is 5.73 Å². The van der Waals surface area contributed by atoms with Crippen LogP contribution in [0.25, 0.3) is 0 Å². The standard InChI is InChI=1S/C20H26N4O4/c1-2-3-10-28-17-9-8-16(22-13-17)11-18(21)20(26)23-12-14-4-6-15(7-5-14)19(25)24-27/h4-9,13,18,27H,2-3,10-12,21H2,1H3,(H,23,26)(H,24,25). The summed E-state index contributed by atoms with van der Waals surface area (Å²) in [6.45, 7) is 3.04. The fourth-order valence-electron chi connectivity index (χ4n) is 2.43. The third kappa shape index (κ3) is 6.64. The molecule has 1 aromatic heterocycles. The summed E-state index contributed by atoms with van der Waals surface area (Å²) in [6.07, 6.45) is 4.01. The van der Waals surface area contributed by atoms with Gasteiger partial charge in [-0.2, -0.15) is 0 Å². The quantitative estimate of drug-likeness (QED) is 0.279. The number of ether oxygens (including phenoxy) is 1. The number of pyridine rings is 1. The van der Waals surface area contributed by atoms with E-state index in [2.05, 4.69) is 17.2 Å². The van der Waals surface area contributed by atoms with E-state index in [9.17, 15) is 9.59 Å². The molecule has 0 radical (unpaired) electrons. The van der Waals surface area contributed by atoms with Gasteiger partial charge in [0.05, 0.1) is 18.8 Å². The van der Waals surface area contributed by atoms with E-state index in [-0.39, 0.29) is 12.5 Å². The van der Waals surface area contributed by atoms with Gasteiger partial charge in [0.2, 0.25) is 5.91 Å². The van der Waals surface area contributed by atoms with E-state index >= 15 is 0 Å². The molecule has 2 rings (SSSR count). The normalized spacial score (nSPS) is 11.5. The number of benzene rings is 1. The lowest BCUT2D eigenvalue weighted by Gasteiger charge is -2.13. The Morgan fingerprint density at radius 2 is 1.96 bits per heavy atom. The van der Waals surface area contributed by atoms with Crippen molar-refractivity contribution in [2.75, 3.05) is 6.61 Å². The number of nitrogens with zero attached hydrogens (tertiary/aromatic N) is 1. The first-order valence-electron chi connectivity index (χ1n) is 9.18. The lowest BCUT2D eigenvalue weighted by molar-refractivity contribution is -0.122. The average Bonchev–Trinajstić information content (AvgIpc) is 2.73. The Balaban J connectivity index is 1.80. The molecule has 0 fully saturated rings. The van der Waals surface area contributed by atoms with Gasteiger partial charge >= 0.3 is 0 Å². The van der Waals surface area contributed by atoms with Gasteiger partial charge in [0, 0.05) is 24.2 Å². The predicted molar refractivity (Wildman–Crippen MR) is 104 cm³/mol. The number of hydroxylamine groups is 1. The molecule has 0 aliphatic heterocycles. The first kappa shape index (κ1) is 21.3. The minimum absolute atomic E-state index is 0.283. The van der Waals surface area contributed by atoms with Crippen molar-refractivity contribution in [3.8, 4) is 5.75 Å². The van der Waals surface area contributed by atoms with Crippen LogP contribution in [0.4, 0.5) is 0 Å². The number of carbonyl (C=O) groups excluding carboxylic acids is 2. The molecule has 150 valence electrons. The molecule has 0 aliphatic rings. The highest BCUT2D eigenvalue weighted by Gasteiger charge is 2.15. The monoisotopic (exact) mass is 386 g/mol. The van der Waals surface area contributed by atoms with Crippen LogP contribution in [-0.4, -0.2) is 34.7 Å². The van der Waals surface area contributed by atoms with E-state index in [1.165, 1.54) is 0 Å². The topological polar surface area (TPSA) is 127 Å². The summed E-state index contributed by atoms with van der Waals surface area (Å²) in [5.74, 6) is -0.178. The third-order valence-corrected chi connectivity index (χ3v) is 4.11. The molecule has 28 heavy (non-hydrogen) atoms. The highest BCUT2D eigenvalue weighted by Crippen LogP contribution is 2.11. The lowest BCUT2D eigenvalue weighted by Crippen LogP contribution is -2.41. The second kappa shape index (κ2) is 11.0. The average molecular weight is 386 g/mol. The molecule has 0 saturated carbocycles. The molecular formula is C20H26N4O4. The van der Waals surface area contributed by atoms with Crippen molar-refractivity contribution >= 4 is 11.8 Å². The fraction of sp³-hybridized carbons (Fsp3) is 0.350. The summed E-state index contributed by atoms with van der Waals surface area (Å²) in [5, 5.41) is 11.4. The number of amides is 2. The van der Waals surface area contributed by atoms with Gasteiger partial charge < -0.3 is 15.8 Å². The Kier molecular flexibility index (Phi) is 8.38. The smallest absolute Gasteiger partial charge is 0.274 e. The van der Waals surface area contributed by atoms with Gasteiger partial charge in [-0.25, -0.2) is 5.48 Å². The molecule has 8 nitrogen and oxygen atoms in total. The SMILES string of the molecule is CCCCOc1ccc(CC(N)C(=O)NCc2ccc(C(=O)NO)cc2)nc1. The minimum atomic E-state index is -0.723. The molecule has 0 aliphatic carbocycles. The number of hydrogen-bond donors (Lipinski definition) is 4. The fourth-order valence-corrected chi connectivity index (χ4v) is 2.43. The van der Waals surface area contributed by atoms with Crippen LogP contribution in [0.2, 0.25) is 0 Å². The number of nitrogens with one attached hydrogen (secondary N) is 2. The molecular weight excluding hydrogens is 360 g/mol. The molecule has 1 aromatic carbocycles.